The summed E-state index contributed by atoms with van der Waals surface area (Å²) >= 11 is 11.4. The Hall–Kier alpha value is -2.30. The van der Waals surface area contributed by atoms with Crippen molar-refractivity contribution in [1.82, 2.24) is 0 Å². The SMILES string of the molecule is COc1ccc(Cl)cc1NC(=S)Nc1cccc2ccccc12. The normalized spacial score (nSPS) is 10.3. The molecule has 3 aromatic carbocycles. The van der Waals surface area contributed by atoms with Crippen LogP contribution in [0.3, 0.4) is 0 Å². The van der Waals surface area contributed by atoms with Crippen LogP contribution in [0.25, 0.3) is 10.8 Å². The molecule has 0 unspecified atom stereocenters. The third-order valence-electron chi connectivity index (χ3n) is 3.45. The van der Waals surface area contributed by atoms with E-state index in [9.17, 15) is 0 Å². The van der Waals surface area contributed by atoms with E-state index < -0.39 is 0 Å². The first-order chi connectivity index (χ1) is 11.2. The van der Waals surface area contributed by atoms with Crippen molar-refractivity contribution in [1.29, 1.82) is 0 Å². The first-order valence-electron chi connectivity index (χ1n) is 7.06. The van der Waals surface area contributed by atoms with Crippen LogP contribution in [0.15, 0.2) is 60.7 Å². The monoisotopic (exact) mass is 342 g/mol. The Morgan fingerprint density at radius 3 is 2.52 bits per heavy atom. The van der Waals surface area contributed by atoms with Crippen molar-refractivity contribution < 1.29 is 4.74 Å². The Morgan fingerprint density at radius 2 is 1.70 bits per heavy atom. The third kappa shape index (κ3) is 3.55. The van der Waals surface area contributed by atoms with E-state index in [1.54, 1.807) is 25.3 Å². The maximum atomic E-state index is 6.04. The van der Waals surface area contributed by atoms with Crippen LogP contribution in [-0.4, -0.2) is 12.2 Å². The number of rotatable bonds is 3. The lowest BCUT2D eigenvalue weighted by atomic mass is 10.1. The van der Waals surface area contributed by atoms with Gasteiger partial charge in [0, 0.05) is 16.1 Å². The number of methoxy groups -OCH3 is 1. The molecule has 0 atom stereocenters. The van der Waals surface area contributed by atoms with Gasteiger partial charge in [-0.05, 0) is 41.9 Å². The molecular weight excluding hydrogens is 328 g/mol. The summed E-state index contributed by atoms with van der Waals surface area (Å²) in [6.07, 6.45) is 0. The smallest absolute Gasteiger partial charge is 0.175 e. The molecule has 0 bridgehead atoms. The molecule has 0 fully saturated rings. The van der Waals surface area contributed by atoms with Gasteiger partial charge in [-0.3, -0.25) is 0 Å². The van der Waals surface area contributed by atoms with Crippen LogP contribution in [0.2, 0.25) is 5.02 Å². The lowest BCUT2D eigenvalue weighted by Gasteiger charge is -2.15. The van der Waals surface area contributed by atoms with Crippen LogP contribution in [0, 0.1) is 0 Å². The second kappa shape index (κ2) is 6.86. The zero-order valence-electron chi connectivity index (χ0n) is 12.5. The minimum absolute atomic E-state index is 0.474. The minimum atomic E-state index is 0.474. The largest absolute Gasteiger partial charge is 0.495 e. The van der Waals surface area contributed by atoms with Gasteiger partial charge in [0.15, 0.2) is 5.11 Å². The third-order valence-corrected chi connectivity index (χ3v) is 3.89. The van der Waals surface area contributed by atoms with E-state index in [-0.39, 0.29) is 0 Å². The van der Waals surface area contributed by atoms with Gasteiger partial charge in [-0.2, -0.15) is 0 Å². The molecule has 5 heteroatoms. The van der Waals surface area contributed by atoms with Crippen LogP contribution < -0.4 is 15.4 Å². The van der Waals surface area contributed by atoms with Crippen molar-refractivity contribution >= 4 is 51.1 Å². The number of benzene rings is 3. The molecule has 23 heavy (non-hydrogen) atoms. The number of nitrogens with one attached hydrogen (secondary N) is 2. The highest BCUT2D eigenvalue weighted by molar-refractivity contribution is 7.80. The first-order valence-corrected chi connectivity index (χ1v) is 7.85. The molecule has 0 aromatic heterocycles. The maximum Gasteiger partial charge on any atom is 0.175 e. The highest BCUT2D eigenvalue weighted by Gasteiger charge is 2.07. The van der Waals surface area contributed by atoms with Gasteiger partial charge in [-0.25, -0.2) is 0 Å². The molecule has 0 aliphatic rings. The number of anilines is 2. The zero-order chi connectivity index (χ0) is 16.2. The van der Waals surface area contributed by atoms with E-state index in [1.165, 1.54) is 0 Å². The summed E-state index contributed by atoms with van der Waals surface area (Å²) in [5, 5.41) is 9.70. The van der Waals surface area contributed by atoms with E-state index in [0.717, 1.165) is 22.1 Å². The van der Waals surface area contributed by atoms with Gasteiger partial charge in [0.05, 0.1) is 12.8 Å². The van der Waals surface area contributed by atoms with Crippen molar-refractivity contribution in [2.75, 3.05) is 17.7 Å². The van der Waals surface area contributed by atoms with Gasteiger partial charge in [-0.1, -0.05) is 48.0 Å². The highest BCUT2D eigenvalue weighted by atomic mass is 35.5. The van der Waals surface area contributed by atoms with Crippen LogP contribution in [-0.2, 0) is 0 Å². The van der Waals surface area contributed by atoms with Crippen molar-refractivity contribution in [3.05, 3.63) is 65.7 Å². The fourth-order valence-electron chi connectivity index (χ4n) is 2.39. The van der Waals surface area contributed by atoms with Gasteiger partial charge in [0.25, 0.3) is 0 Å². The molecule has 116 valence electrons. The molecule has 0 heterocycles. The van der Waals surface area contributed by atoms with E-state index in [0.29, 0.717) is 15.9 Å². The van der Waals surface area contributed by atoms with Crippen LogP contribution in [0.4, 0.5) is 11.4 Å². The van der Waals surface area contributed by atoms with Gasteiger partial charge < -0.3 is 15.4 Å². The predicted molar refractivity (Wildman–Crippen MR) is 102 cm³/mol. The molecule has 0 saturated heterocycles. The lowest BCUT2D eigenvalue weighted by molar-refractivity contribution is 0.417. The molecular formula is C18H15ClN2OS. The minimum Gasteiger partial charge on any atom is -0.495 e. The number of hydrogen-bond acceptors (Lipinski definition) is 2. The second-order valence-corrected chi connectivity index (χ2v) is 5.80. The summed E-state index contributed by atoms with van der Waals surface area (Å²) in [7, 11) is 1.61. The van der Waals surface area contributed by atoms with Crippen LogP contribution >= 0.6 is 23.8 Å². The molecule has 3 rings (SSSR count). The van der Waals surface area contributed by atoms with Crippen LogP contribution in [0.1, 0.15) is 0 Å². The maximum absolute atomic E-state index is 6.04. The van der Waals surface area contributed by atoms with Gasteiger partial charge >= 0.3 is 0 Å². The quantitative estimate of drug-likeness (QED) is 0.632. The Kier molecular flexibility index (Phi) is 4.65. The Morgan fingerprint density at radius 1 is 0.957 bits per heavy atom. The van der Waals surface area contributed by atoms with Crippen molar-refractivity contribution in [2.24, 2.45) is 0 Å². The van der Waals surface area contributed by atoms with Gasteiger partial charge in [0.2, 0.25) is 0 Å². The molecule has 0 aliphatic heterocycles. The standard InChI is InChI=1S/C18H15ClN2OS/c1-22-17-10-9-13(19)11-16(17)21-18(23)20-15-8-4-6-12-5-2-3-7-14(12)15/h2-11H,1H3,(H2,20,21,23). The Balaban J connectivity index is 1.83. The van der Waals surface area contributed by atoms with E-state index in [2.05, 4.69) is 28.8 Å². The highest BCUT2D eigenvalue weighted by Crippen LogP contribution is 2.28. The van der Waals surface area contributed by atoms with E-state index in [1.807, 2.05) is 24.3 Å². The molecule has 0 radical (unpaired) electrons. The molecule has 3 nitrogen and oxygen atoms in total. The molecule has 0 amide bonds. The summed E-state index contributed by atoms with van der Waals surface area (Å²) in [4.78, 5) is 0. The molecule has 3 aromatic rings. The van der Waals surface area contributed by atoms with Gasteiger partial charge in [-0.15, -0.1) is 0 Å². The van der Waals surface area contributed by atoms with Crippen molar-refractivity contribution in [3.8, 4) is 5.75 Å². The number of ether oxygens (including phenoxy) is 1. The zero-order valence-corrected chi connectivity index (χ0v) is 14.0. The molecule has 0 aliphatic carbocycles. The Labute approximate surface area is 145 Å². The van der Waals surface area contributed by atoms with E-state index in [4.69, 9.17) is 28.6 Å². The van der Waals surface area contributed by atoms with Crippen molar-refractivity contribution in [2.45, 2.75) is 0 Å². The average molecular weight is 343 g/mol. The number of halogens is 1. The summed E-state index contributed by atoms with van der Waals surface area (Å²) in [5.74, 6) is 0.677. The summed E-state index contributed by atoms with van der Waals surface area (Å²) < 4.78 is 5.31. The van der Waals surface area contributed by atoms with E-state index >= 15 is 0 Å². The predicted octanol–water partition coefficient (Wildman–Crippen LogP) is 5.31. The number of hydrogen-bond donors (Lipinski definition) is 2. The average Bonchev–Trinajstić information content (AvgIpc) is 2.55. The summed E-state index contributed by atoms with van der Waals surface area (Å²) in [6, 6.07) is 19.5. The Bertz CT molecular complexity index is 861. The summed E-state index contributed by atoms with van der Waals surface area (Å²) in [5.41, 5.74) is 1.67. The molecule has 0 saturated carbocycles. The van der Waals surface area contributed by atoms with Crippen LogP contribution in [0.5, 0.6) is 5.75 Å². The van der Waals surface area contributed by atoms with Crippen molar-refractivity contribution in [3.63, 3.8) is 0 Å². The van der Waals surface area contributed by atoms with Gasteiger partial charge in [0.1, 0.15) is 5.75 Å². The topological polar surface area (TPSA) is 33.3 Å². The second-order valence-electron chi connectivity index (χ2n) is 4.95. The fraction of sp³-hybridized carbons (Fsp3) is 0.0556. The molecule has 0 spiro atoms. The summed E-state index contributed by atoms with van der Waals surface area (Å²) in [6.45, 7) is 0. The first kappa shape index (κ1) is 15.6. The fourth-order valence-corrected chi connectivity index (χ4v) is 2.78. The molecule has 2 N–H and O–H groups in total. The number of thiocarbonyl (C=S) groups is 1. The lowest BCUT2D eigenvalue weighted by Crippen LogP contribution is -2.19. The number of fused-ring (bicyclic) bond motifs is 1.